The molecule has 0 aliphatic heterocycles. The van der Waals surface area contributed by atoms with E-state index in [9.17, 15) is 4.79 Å². The van der Waals surface area contributed by atoms with Gasteiger partial charge in [0.2, 0.25) is 5.91 Å². The van der Waals surface area contributed by atoms with E-state index in [1.54, 1.807) is 24.1 Å². The maximum absolute atomic E-state index is 12.8. The van der Waals surface area contributed by atoms with E-state index in [0.717, 1.165) is 27.6 Å². The zero-order valence-corrected chi connectivity index (χ0v) is 16.7. The Bertz CT molecular complexity index is 1080. The monoisotopic (exact) mass is 382 g/mol. The van der Waals surface area contributed by atoms with Crippen LogP contribution in [0.4, 0.5) is 5.69 Å². The lowest BCUT2D eigenvalue weighted by molar-refractivity contribution is -0.118. The minimum atomic E-state index is -0.00571. The largest absolute Gasteiger partial charge is 0.328 e. The van der Waals surface area contributed by atoms with Gasteiger partial charge in [0, 0.05) is 30.2 Å². The highest BCUT2D eigenvalue weighted by atomic mass is 35.5. The third-order valence-corrected chi connectivity index (χ3v) is 4.79. The van der Waals surface area contributed by atoms with E-state index < -0.39 is 0 Å². The Balaban J connectivity index is 0.00000102. The number of nitrogens with zero attached hydrogens (tertiary/aromatic N) is 4. The van der Waals surface area contributed by atoms with Gasteiger partial charge in [0.15, 0.2) is 0 Å². The molecule has 0 saturated carbocycles. The second kappa shape index (κ2) is 7.84. The van der Waals surface area contributed by atoms with Crippen molar-refractivity contribution in [2.45, 2.75) is 20.4 Å². The SMILES string of the molecule is CC.CN(C(=O)Cn1c2ccccc2c2c1cnn2C)c1ccc(Cl)cc1. The number of para-hydroxylation sites is 1. The standard InChI is InChI=1S/C19H17ClN4O.C2H6/c1-22(14-9-7-13(20)8-10-14)18(25)12-24-16-6-4-3-5-15(16)19-17(24)11-21-23(19)2;1-2/h3-11H,12H2,1-2H3;1-2H3. The Morgan fingerprint density at radius 2 is 1.74 bits per heavy atom. The molecule has 0 spiro atoms. The van der Waals surface area contributed by atoms with Crippen molar-refractivity contribution in [3.05, 3.63) is 59.8 Å². The summed E-state index contributed by atoms with van der Waals surface area (Å²) in [6.07, 6.45) is 1.81. The molecule has 2 aromatic heterocycles. The molecule has 0 unspecified atom stereocenters. The van der Waals surface area contributed by atoms with Gasteiger partial charge >= 0.3 is 0 Å². The number of fused-ring (bicyclic) bond motifs is 3. The minimum Gasteiger partial charge on any atom is -0.328 e. The van der Waals surface area contributed by atoms with Gasteiger partial charge in [0.1, 0.15) is 6.54 Å². The van der Waals surface area contributed by atoms with Crippen molar-refractivity contribution < 1.29 is 4.79 Å². The van der Waals surface area contributed by atoms with Crippen LogP contribution >= 0.6 is 11.6 Å². The first kappa shape index (κ1) is 19.0. The van der Waals surface area contributed by atoms with Crippen molar-refractivity contribution in [1.82, 2.24) is 14.3 Å². The number of hydrogen-bond donors (Lipinski definition) is 0. The predicted molar refractivity (Wildman–Crippen MR) is 112 cm³/mol. The van der Waals surface area contributed by atoms with Crippen LogP contribution in [-0.4, -0.2) is 27.3 Å². The van der Waals surface area contributed by atoms with E-state index in [2.05, 4.69) is 11.2 Å². The number of amides is 1. The minimum absolute atomic E-state index is 0.00571. The van der Waals surface area contributed by atoms with Crippen LogP contribution in [0.5, 0.6) is 0 Å². The Morgan fingerprint density at radius 3 is 2.44 bits per heavy atom. The Kier molecular flexibility index (Phi) is 5.51. The fourth-order valence-corrected chi connectivity index (χ4v) is 3.32. The molecule has 0 radical (unpaired) electrons. The molecule has 1 amide bonds. The van der Waals surface area contributed by atoms with E-state index >= 15 is 0 Å². The fourth-order valence-electron chi connectivity index (χ4n) is 3.20. The zero-order chi connectivity index (χ0) is 19.6. The first-order valence-corrected chi connectivity index (χ1v) is 9.35. The van der Waals surface area contributed by atoms with E-state index in [4.69, 9.17) is 11.6 Å². The van der Waals surface area contributed by atoms with Crippen molar-refractivity contribution in [1.29, 1.82) is 0 Å². The molecule has 0 saturated heterocycles. The van der Waals surface area contributed by atoms with Gasteiger partial charge in [-0.1, -0.05) is 43.6 Å². The number of likely N-dealkylation sites (N-methyl/N-ethyl adjacent to an activating group) is 1. The van der Waals surface area contributed by atoms with Crippen LogP contribution < -0.4 is 4.90 Å². The maximum atomic E-state index is 12.8. The molecule has 140 valence electrons. The topological polar surface area (TPSA) is 43.1 Å². The van der Waals surface area contributed by atoms with Crippen molar-refractivity contribution in [3.8, 4) is 0 Å². The summed E-state index contributed by atoms with van der Waals surface area (Å²) < 4.78 is 3.87. The van der Waals surface area contributed by atoms with E-state index in [1.165, 1.54) is 0 Å². The van der Waals surface area contributed by atoms with Gasteiger partial charge in [0.25, 0.3) is 0 Å². The van der Waals surface area contributed by atoms with Crippen LogP contribution in [-0.2, 0) is 18.4 Å². The van der Waals surface area contributed by atoms with Gasteiger partial charge in [-0.05, 0) is 30.3 Å². The van der Waals surface area contributed by atoms with Crippen molar-refractivity contribution in [3.63, 3.8) is 0 Å². The summed E-state index contributed by atoms with van der Waals surface area (Å²) in [7, 11) is 3.69. The molecule has 0 N–H and O–H groups in total. The third-order valence-electron chi connectivity index (χ3n) is 4.54. The number of hydrogen-bond acceptors (Lipinski definition) is 2. The summed E-state index contributed by atoms with van der Waals surface area (Å²) in [6, 6.07) is 15.3. The number of rotatable bonds is 3. The average Bonchev–Trinajstić information content (AvgIpc) is 3.22. The summed E-state index contributed by atoms with van der Waals surface area (Å²) in [5.41, 5.74) is 3.84. The highest BCUT2D eigenvalue weighted by Gasteiger charge is 2.18. The van der Waals surface area contributed by atoms with Crippen LogP contribution in [0.15, 0.2) is 54.7 Å². The first-order chi connectivity index (χ1) is 13.1. The smallest absolute Gasteiger partial charge is 0.246 e. The Hall–Kier alpha value is -2.79. The summed E-state index contributed by atoms with van der Waals surface area (Å²) >= 11 is 5.93. The molecule has 0 bridgehead atoms. The molecule has 2 aromatic carbocycles. The second-order valence-corrected chi connectivity index (χ2v) is 6.47. The van der Waals surface area contributed by atoms with Crippen LogP contribution in [0.25, 0.3) is 21.9 Å². The van der Waals surface area contributed by atoms with Crippen molar-refractivity contribution in [2.24, 2.45) is 7.05 Å². The zero-order valence-electron chi connectivity index (χ0n) is 16.0. The molecule has 4 rings (SSSR count). The lowest BCUT2D eigenvalue weighted by atomic mass is 10.2. The number of aryl methyl sites for hydroxylation is 1. The quantitative estimate of drug-likeness (QED) is 0.507. The number of carbonyl (C=O) groups is 1. The van der Waals surface area contributed by atoms with Crippen LogP contribution in [0.1, 0.15) is 13.8 Å². The summed E-state index contributed by atoms with van der Waals surface area (Å²) in [5, 5.41) is 6.09. The molecule has 0 aliphatic rings. The third kappa shape index (κ3) is 3.43. The maximum Gasteiger partial charge on any atom is 0.246 e. The number of benzene rings is 2. The summed E-state index contributed by atoms with van der Waals surface area (Å²) in [4.78, 5) is 14.5. The number of halogens is 1. The Labute approximate surface area is 163 Å². The molecule has 0 atom stereocenters. The summed E-state index contributed by atoms with van der Waals surface area (Å²) in [5.74, 6) is -0.00571. The predicted octanol–water partition coefficient (Wildman–Crippen LogP) is 4.87. The van der Waals surface area contributed by atoms with Crippen LogP contribution in [0, 0.1) is 0 Å². The first-order valence-electron chi connectivity index (χ1n) is 8.97. The number of aromatic nitrogens is 3. The van der Waals surface area contributed by atoms with E-state index in [1.807, 2.05) is 66.7 Å². The lowest BCUT2D eigenvalue weighted by Gasteiger charge is -2.18. The molecular formula is C21H23ClN4O. The molecule has 2 heterocycles. The van der Waals surface area contributed by atoms with Crippen molar-refractivity contribution >= 4 is 45.1 Å². The highest BCUT2D eigenvalue weighted by Crippen LogP contribution is 2.28. The van der Waals surface area contributed by atoms with Crippen LogP contribution in [0.3, 0.4) is 0 Å². The molecule has 0 aliphatic carbocycles. The fraction of sp³-hybridized carbons (Fsp3) is 0.238. The molecule has 5 nitrogen and oxygen atoms in total. The van der Waals surface area contributed by atoms with Gasteiger partial charge in [-0.2, -0.15) is 5.10 Å². The van der Waals surface area contributed by atoms with E-state index in [0.29, 0.717) is 5.02 Å². The van der Waals surface area contributed by atoms with Crippen LogP contribution in [0.2, 0.25) is 5.02 Å². The van der Waals surface area contributed by atoms with Gasteiger partial charge < -0.3 is 9.47 Å². The normalized spacial score (nSPS) is 10.7. The molecule has 4 aromatic rings. The number of carbonyl (C=O) groups excluding carboxylic acids is 1. The van der Waals surface area contributed by atoms with Gasteiger partial charge in [-0.3, -0.25) is 9.48 Å². The average molecular weight is 383 g/mol. The van der Waals surface area contributed by atoms with Crippen molar-refractivity contribution in [2.75, 3.05) is 11.9 Å². The molecular weight excluding hydrogens is 360 g/mol. The van der Waals surface area contributed by atoms with E-state index in [-0.39, 0.29) is 12.5 Å². The van der Waals surface area contributed by atoms with Gasteiger partial charge in [-0.15, -0.1) is 0 Å². The second-order valence-electron chi connectivity index (χ2n) is 6.03. The summed E-state index contributed by atoms with van der Waals surface area (Å²) in [6.45, 7) is 4.24. The highest BCUT2D eigenvalue weighted by molar-refractivity contribution is 6.30. The molecule has 6 heteroatoms. The van der Waals surface area contributed by atoms with Gasteiger partial charge in [0.05, 0.1) is 22.7 Å². The number of anilines is 1. The molecule has 0 fully saturated rings. The Morgan fingerprint density at radius 1 is 1.07 bits per heavy atom. The molecule has 27 heavy (non-hydrogen) atoms. The lowest BCUT2D eigenvalue weighted by Crippen LogP contribution is -2.29. The van der Waals surface area contributed by atoms with Gasteiger partial charge in [-0.25, -0.2) is 0 Å².